The number of nitrogens with zero attached hydrogens (tertiary/aromatic N) is 5. The standard InChI is InChI=1S/C52H56N8O6/c1-64-52(63)58-47(35-15-7-4-8-16-35)51(62)59-42-19-11-9-17-37(42)28-44(59)48-53-30-41(57-48)33-23-21-32(22-24-33)36-25-26-39-40(27-36)56-49(55-39)45-29-38-18-10-12-20-43(38)60(45)50(61)46(54-31-66-65-2)34-13-5-3-6-14-34/h3-8,13-16,21-27,30-31,37-38,42-47H,9-12,17-20,28-29H2,1-2H3,(H,53,57)(H,55,56)(H,58,63)/t37-,38-,42-,43-,44-,45-,46+,47-/m0/s1. The highest BCUT2D eigenvalue weighted by Crippen LogP contribution is 2.49. The fraction of sp³-hybridized carbons (Fsp3) is 0.385. The Labute approximate surface area is 384 Å². The highest BCUT2D eigenvalue weighted by atomic mass is 17.2. The first-order chi connectivity index (χ1) is 32.4. The first-order valence-corrected chi connectivity index (χ1v) is 23.3. The molecule has 2 saturated carbocycles. The van der Waals surface area contributed by atoms with Gasteiger partial charge in [0.2, 0.25) is 6.40 Å². The van der Waals surface area contributed by atoms with Crippen LogP contribution in [0.25, 0.3) is 33.4 Å². The van der Waals surface area contributed by atoms with Crippen LogP contribution in [-0.2, 0) is 24.1 Å². The molecule has 14 nitrogen and oxygen atoms in total. The highest BCUT2D eigenvalue weighted by molar-refractivity contribution is 5.88. The van der Waals surface area contributed by atoms with E-state index in [2.05, 4.69) is 61.6 Å². The summed E-state index contributed by atoms with van der Waals surface area (Å²) in [5, 5.41) is 2.82. The number of methoxy groups -OCH3 is 1. The van der Waals surface area contributed by atoms with Gasteiger partial charge in [-0.2, -0.15) is 4.89 Å². The Kier molecular flexibility index (Phi) is 12.4. The fourth-order valence-corrected chi connectivity index (χ4v) is 11.4. The molecular formula is C52H56N8O6. The van der Waals surface area contributed by atoms with Crippen LogP contribution in [0.1, 0.15) is 111 Å². The number of rotatable bonds is 12. The molecular weight excluding hydrogens is 833 g/mol. The molecule has 6 aromatic rings. The van der Waals surface area contributed by atoms with Crippen LogP contribution in [0.4, 0.5) is 4.79 Å². The molecule has 0 bridgehead atoms. The van der Waals surface area contributed by atoms with Crippen molar-refractivity contribution in [3.8, 4) is 22.4 Å². The number of imidazole rings is 2. The third kappa shape index (κ3) is 8.45. The molecule has 0 unspecified atom stereocenters. The number of benzene rings is 4. The number of hydrogen-bond donors (Lipinski definition) is 3. The van der Waals surface area contributed by atoms with Gasteiger partial charge in [0.15, 0.2) is 6.04 Å². The van der Waals surface area contributed by atoms with Gasteiger partial charge in [0, 0.05) is 12.1 Å². The molecule has 3 N–H and O–H groups in total. The molecule has 4 heterocycles. The van der Waals surface area contributed by atoms with Gasteiger partial charge in [-0.15, -0.1) is 0 Å². The molecule has 2 aromatic heterocycles. The summed E-state index contributed by atoms with van der Waals surface area (Å²) >= 11 is 0. The van der Waals surface area contributed by atoms with Crippen molar-refractivity contribution in [2.24, 2.45) is 16.8 Å². The van der Waals surface area contributed by atoms with Gasteiger partial charge in [0.05, 0.1) is 49.2 Å². The van der Waals surface area contributed by atoms with E-state index in [1.807, 2.05) is 77.8 Å². The maximum atomic E-state index is 14.7. The van der Waals surface area contributed by atoms with Crippen molar-refractivity contribution >= 4 is 35.3 Å². The predicted molar refractivity (Wildman–Crippen MR) is 250 cm³/mol. The Hall–Kier alpha value is -6.80. The second-order valence-electron chi connectivity index (χ2n) is 18.1. The molecule has 66 heavy (non-hydrogen) atoms. The molecule has 8 atom stereocenters. The normalized spacial score (nSPS) is 23.6. The van der Waals surface area contributed by atoms with Crippen LogP contribution in [0.3, 0.4) is 0 Å². The van der Waals surface area contributed by atoms with Crippen molar-refractivity contribution in [3.63, 3.8) is 0 Å². The quantitative estimate of drug-likeness (QED) is 0.0473. The topological polar surface area (TPSA) is 167 Å². The largest absolute Gasteiger partial charge is 0.453 e. The van der Waals surface area contributed by atoms with Crippen LogP contribution < -0.4 is 5.32 Å². The van der Waals surface area contributed by atoms with Gasteiger partial charge in [0.25, 0.3) is 11.8 Å². The van der Waals surface area contributed by atoms with Gasteiger partial charge < -0.3 is 34.7 Å². The van der Waals surface area contributed by atoms with Crippen LogP contribution >= 0.6 is 0 Å². The number of amides is 3. The lowest BCUT2D eigenvalue weighted by Crippen LogP contribution is -2.47. The molecule has 0 spiro atoms. The van der Waals surface area contributed by atoms with E-state index >= 15 is 0 Å². The van der Waals surface area contributed by atoms with E-state index in [0.29, 0.717) is 17.4 Å². The Morgan fingerprint density at radius 3 is 1.98 bits per heavy atom. The second kappa shape index (κ2) is 19.0. The number of aliphatic imine (C=N–C) groups is 1. The molecule has 4 fully saturated rings. The van der Waals surface area contributed by atoms with E-state index < -0.39 is 18.2 Å². The summed E-state index contributed by atoms with van der Waals surface area (Å²) < 4.78 is 4.95. The maximum absolute atomic E-state index is 14.7. The van der Waals surface area contributed by atoms with Crippen molar-refractivity contribution < 1.29 is 28.9 Å². The Morgan fingerprint density at radius 2 is 1.32 bits per heavy atom. The number of fused-ring (bicyclic) bond motifs is 3. The zero-order valence-corrected chi connectivity index (χ0v) is 37.3. The van der Waals surface area contributed by atoms with Gasteiger partial charge in [-0.3, -0.25) is 9.59 Å². The van der Waals surface area contributed by atoms with Crippen LogP contribution in [0, 0.1) is 11.8 Å². The van der Waals surface area contributed by atoms with Gasteiger partial charge in [-0.05, 0) is 90.3 Å². The number of nitrogens with one attached hydrogen (secondary N) is 3. The minimum absolute atomic E-state index is 0.0651. The van der Waals surface area contributed by atoms with Gasteiger partial charge in [-0.1, -0.05) is 117 Å². The molecule has 4 aliphatic rings. The number of carbonyl (C=O) groups is 3. The van der Waals surface area contributed by atoms with Gasteiger partial charge in [0.1, 0.15) is 17.7 Å². The number of aromatic amines is 2. The molecule has 2 saturated heterocycles. The van der Waals surface area contributed by atoms with E-state index in [1.54, 1.807) is 0 Å². The van der Waals surface area contributed by atoms with Crippen LogP contribution in [0.5, 0.6) is 0 Å². The lowest BCUT2D eigenvalue weighted by Gasteiger charge is -2.36. The molecule has 10 rings (SSSR count). The second-order valence-corrected chi connectivity index (χ2v) is 18.1. The van der Waals surface area contributed by atoms with E-state index in [1.165, 1.54) is 20.6 Å². The summed E-state index contributed by atoms with van der Waals surface area (Å²) in [5.74, 6) is 2.05. The predicted octanol–water partition coefficient (Wildman–Crippen LogP) is 9.73. The van der Waals surface area contributed by atoms with E-state index in [4.69, 9.17) is 24.5 Å². The summed E-state index contributed by atoms with van der Waals surface area (Å²) in [6, 6.07) is 31.7. The third-order valence-corrected chi connectivity index (χ3v) is 14.5. The van der Waals surface area contributed by atoms with Crippen molar-refractivity contribution in [2.45, 2.75) is 100 Å². The Balaban J connectivity index is 0.891. The minimum atomic E-state index is -0.887. The minimum Gasteiger partial charge on any atom is -0.453 e. The summed E-state index contributed by atoms with van der Waals surface area (Å²) in [6.07, 6.45) is 12.5. The van der Waals surface area contributed by atoms with Crippen molar-refractivity contribution in [3.05, 3.63) is 132 Å². The van der Waals surface area contributed by atoms with E-state index in [0.717, 1.165) is 115 Å². The molecule has 4 aromatic carbocycles. The first kappa shape index (κ1) is 43.1. The van der Waals surface area contributed by atoms with Crippen molar-refractivity contribution in [1.29, 1.82) is 0 Å². The Morgan fingerprint density at radius 1 is 0.712 bits per heavy atom. The van der Waals surface area contributed by atoms with Gasteiger partial charge >= 0.3 is 6.09 Å². The summed E-state index contributed by atoms with van der Waals surface area (Å²) in [7, 11) is 2.72. The lowest BCUT2D eigenvalue weighted by atomic mass is 9.84. The fourth-order valence-electron chi connectivity index (χ4n) is 11.4. The lowest BCUT2D eigenvalue weighted by molar-refractivity contribution is -0.188. The van der Waals surface area contributed by atoms with E-state index in [9.17, 15) is 14.4 Å². The van der Waals surface area contributed by atoms with Crippen LogP contribution in [-0.4, -0.2) is 80.3 Å². The molecule has 14 heteroatoms. The Bertz CT molecular complexity index is 2690. The molecule has 0 radical (unpaired) electrons. The summed E-state index contributed by atoms with van der Waals surface area (Å²) in [6.45, 7) is 0. The third-order valence-electron chi connectivity index (χ3n) is 14.5. The number of alkyl carbamates (subject to hydrolysis) is 1. The number of likely N-dealkylation sites (tertiary alicyclic amines) is 2. The highest BCUT2D eigenvalue weighted by Gasteiger charge is 2.49. The summed E-state index contributed by atoms with van der Waals surface area (Å²) in [4.78, 5) is 77.4. The maximum Gasteiger partial charge on any atom is 0.407 e. The van der Waals surface area contributed by atoms with Crippen LogP contribution in [0.2, 0.25) is 0 Å². The summed E-state index contributed by atoms with van der Waals surface area (Å²) in [5.41, 5.74) is 7.17. The number of H-pyrrole nitrogens is 2. The molecule has 2 aliphatic carbocycles. The zero-order valence-electron chi connectivity index (χ0n) is 37.3. The average Bonchev–Trinajstić information content (AvgIpc) is 4.18. The number of ether oxygens (including phenoxy) is 1. The SMILES string of the molecule is COOC=N[C@@H](C(=O)N1[C@H](c2nc3ccc(-c4ccc(-c5cnc([C@@H]6C[C@@H]7CCCC[C@@H]7N6C(=O)[C@@H](NC(=O)OC)c6ccccc6)[nH]5)cc4)cc3[nH]2)C[C@@H]2CCCC[C@@H]21)c1ccccc1. The molecule has 3 amide bonds. The number of aromatic nitrogens is 4. The van der Waals surface area contributed by atoms with Crippen LogP contribution in [0.15, 0.2) is 114 Å². The number of carbonyl (C=O) groups excluding carboxylic acids is 3. The van der Waals surface area contributed by atoms with Crippen molar-refractivity contribution in [1.82, 2.24) is 35.1 Å². The molecule has 340 valence electrons. The molecule has 2 aliphatic heterocycles. The monoisotopic (exact) mass is 888 g/mol. The zero-order chi connectivity index (χ0) is 45.1. The smallest absolute Gasteiger partial charge is 0.407 e. The van der Waals surface area contributed by atoms with Gasteiger partial charge in [-0.25, -0.2) is 19.8 Å². The number of hydrogen-bond acceptors (Lipinski definition) is 9. The van der Waals surface area contributed by atoms with Crippen molar-refractivity contribution in [2.75, 3.05) is 14.2 Å². The first-order valence-electron chi connectivity index (χ1n) is 23.3. The average molecular weight is 889 g/mol. The van der Waals surface area contributed by atoms with E-state index in [-0.39, 0.29) is 36.0 Å².